The number of rotatable bonds is 3. The summed E-state index contributed by atoms with van der Waals surface area (Å²) >= 11 is 3.32. The summed E-state index contributed by atoms with van der Waals surface area (Å²) in [6, 6.07) is 7.77. The topological polar surface area (TPSA) is 58.1 Å². The van der Waals surface area contributed by atoms with Crippen molar-refractivity contribution < 1.29 is 4.79 Å². The van der Waals surface area contributed by atoms with Crippen LogP contribution in [0, 0.1) is 0 Å². The van der Waals surface area contributed by atoms with Crippen molar-refractivity contribution in [1.82, 2.24) is 15.3 Å². The molecule has 108 valence electrons. The number of amides is 1. The van der Waals surface area contributed by atoms with E-state index in [0.29, 0.717) is 5.56 Å². The molecule has 6 heteroatoms. The lowest BCUT2D eigenvalue weighted by molar-refractivity contribution is 0.0940. The SMILES string of the molecule is O=C(N[C@H]1CCN(c2ccccn2)C1)c1cncc(Br)c1. The van der Waals surface area contributed by atoms with Crippen molar-refractivity contribution in [3.8, 4) is 0 Å². The number of nitrogens with zero attached hydrogens (tertiary/aromatic N) is 3. The van der Waals surface area contributed by atoms with Crippen LogP contribution in [-0.2, 0) is 0 Å². The van der Waals surface area contributed by atoms with E-state index in [1.54, 1.807) is 24.7 Å². The molecule has 5 nitrogen and oxygen atoms in total. The van der Waals surface area contributed by atoms with Gasteiger partial charge in [-0.1, -0.05) is 6.07 Å². The van der Waals surface area contributed by atoms with Gasteiger partial charge in [-0.05, 0) is 40.5 Å². The van der Waals surface area contributed by atoms with E-state index in [9.17, 15) is 4.79 Å². The van der Waals surface area contributed by atoms with Gasteiger partial charge >= 0.3 is 0 Å². The first-order valence-corrected chi connectivity index (χ1v) is 7.59. The zero-order valence-corrected chi connectivity index (χ0v) is 13.0. The van der Waals surface area contributed by atoms with Crippen LogP contribution in [0.5, 0.6) is 0 Å². The Balaban J connectivity index is 1.61. The number of hydrogen-bond acceptors (Lipinski definition) is 4. The highest BCUT2D eigenvalue weighted by atomic mass is 79.9. The van der Waals surface area contributed by atoms with Crippen molar-refractivity contribution in [2.24, 2.45) is 0 Å². The van der Waals surface area contributed by atoms with E-state index in [4.69, 9.17) is 0 Å². The number of carbonyl (C=O) groups excluding carboxylic acids is 1. The van der Waals surface area contributed by atoms with Crippen LogP contribution in [0.4, 0.5) is 5.82 Å². The van der Waals surface area contributed by atoms with Crippen molar-refractivity contribution in [2.75, 3.05) is 18.0 Å². The monoisotopic (exact) mass is 346 g/mol. The Morgan fingerprint density at radius 1 is 1.38 bits per heavy atom. The minimum Gasteiger partial charge on any atom is -0.354 e. The summed E-state index contributed by atoms with van der Waals surface area (Å²) in [5.74, 6) is 0.870. The van der Waals surface area contributed by atoms with Crippen LogP contribution in [0.15, 0.2) is 47.3 Å². The highest BCUT2D eigenvalue weighted by Gasteiger charge is 2.25. The normalized spacial score (nSPS) is 17.8. The Morgan fingerprint density at radius 3 is 3.05 bits per heavy atom. The molecule has 1 fully saturated rings. The third-order valence-corrected chi connectivity index (χ3v) is 3.90. The maximum absolute atomic E-state index is 12.2. The number of halogens is 1. The molecule has 2 aromatic heterocycles. The molecule has 1 saturated heterocycles. The summed E-state index contributed by atoms with van der Waals surface area (Å²) in [6.07, 6.45) is 5.94. The number of carbonyl (C=O) groups is 1. The van der Waals surface area contributed by atoms with Gasteiger partial charge in [-0.2, -0.15) is 0 Å². The fourth-order valence-electron chi connectivity index (χ4n) is 2.43. The van der Waals surface area contributed by atoms with E-state index in [0.717, 1.165) is 29.8 Å². The number of anilines is 1. The fraction of sp³-hybridized carbons (Fsp3) is 0.267. The first kappa shape index (κ1) is 14.0. The van der Waals surface area contributed by atoms with Gasteiger partial charge in [0, 0.05) is 42.2 Å². The van der Waals surface area contributed by atoms with E-state index in [1.807, 2.05) is 18.2 Å². The largest absolute Gasteiger partial charge is 0.354 e. The van der Waals surface area contributed by atoms with Gasteiger partial charge in [-0.3, -0.25) is 9.78 Å². The molecule has 0 bridgehead atoms. The lowest BCUT2D eigenvalue weighted by atomic mass is 10.2. The van der Waals surface area contributed by atoms with Crippen LogP contribution >= 0.6 is 15.9 Å². The molecule has 1 N–H and O–H groups in total. The van der Waals surface area contributed by atoms with E-state index >= 15 is 0 Å². The Hall–Kier alpha value is -1.95. The van der Waals surface area contributed by atoms with Crippen molar-refractivity contribution in [3.63, 3.8) is 0 Å². The first-order chi connectivity index (χ1) is 10.2. The average Bonchev–Trinajstić information content (AvgIpc) is 2.97. The molecule has 0 unspecified atom stereocenters. The zero-order chi connectivity index (χ0) is 14.7. The first-order valence-electron chi connectivity index (χ1n) is 6.80. The molecule has 0 spiro atoms. The third-order valence-electron chi connectivity index (χ3n) is 3.46. The standard InChI is InChI=1S/C15H15BrN4O/c16-12-7-11(8-17-9-12)15(21)19-13-4-6-20(10-13)14-3-1-2-5-18-14/h1-3,5,7-9,13H,4,6,10H2,(H,19,21)/t13-/m0/s1. The molecular formula is C15H15BrN4O. The highest BCUT2D eigenvalue weighted by Crippen LogP contribution is 2.18. The molecular weight excluding hydrogens is 332 g/mol. The predicted octanol–water partition coefficient (Wildman–Crippen LogP) is 2.25. The van der Waals surface area contributed by atoms with Gasteiger partial charge in [0.2, 0.25) is 0 Å². The molecule has 0 radical (unpaired) electrons. The molecule has 3 rings (SSSR count). The van der Waals surface area contributed by atoms with Crippen LogP contribution in [-0.4, -0.2) is 35.0 Å². The molecule has 3 heterocycles. The predicted molar refractivity (Wildman–Crippen MR) is 84.3 cm³/mol. The van der Waals surface area contributed by atoms with Gasteiger partial charge in [-0.25, -0.2) is 4.98 Å². The molecule has 1 aliphatic heterocycles. The van der Waals surface area contributed by atoms with Gasteiger partial charge in [0.05, 0.1) is 5.56 Å². The molecule has 1 amide bonds. The Bertz CT molecular complexity index is 635. The number of pyridine rings is 2. The maximum Gasteiger partial charge on any atom is 0.253 e. The third kappa shape index (κ3) is 3.39. The van der Waals surface area contributed by atoms with Gasteiger partial charge in [-0.15, -0.1) is 0 Å². The zero-order valence-electron chi connectivity index (χ0n) is 11.4. The Morgan fingerprint density at radius 2 is 2.29 bits per heavy atom. The van der Waals surface area contributed by atoms with E-state index in [2.05, 4.69) is 36.1 Å². The van der Waals surface area contributed by atoms with E-state index < -0.39 is 0 Å². The minimum absolute atomic E-state index is 0.0864. The molecule has 0 saturated carbocycles. The smallest absolute Gasteiger partial charge is 0.253 e. The van der Waals surface area contributed by atoms with E-state index in [-0.39, 0.29) is 11.9 Å². The summed E-state index contributed by atoms with van der Waals surface area (Å²) in [5.41, 5.74) is 0.570. The Labute approximate surface area is 131 Å². The van der Waals surface area contributed by atoms with Crippen molar-refractivity contribution in [1.29, 1.82) is 0 Å². The lowest BCUT2D eigenvalue weighted by Crippen LogP contribution is -2.37. The molecule has 2 aromatic rings. The van der Waals surface area contributed by atoms with Crippen LogP contribution in [0.25, 0.3) is 0 Å². The molecule has 1 atom stereocenters. The van der Waals surface area contributed by atoms with Crippen molar-refractivity contribution >= 4 is 27.7 Å². The van der Waals surface area contributed by atoms with Crippen molar-refractivity contribution in [3.05, 3.63) is 52.9 Å². The lowest BCUT2D eigenvalue weighted by Gasteiger charge is -2.17. The Kier molecular flexibility index (Phi) is 4.15. The van der Waals surface area contributed by atoms with E-state index in [1.165, 1.54) is 0 Å². The number of nitrogens with one attached hydrogen (secondary N) is 1. The highest BCUT2D eigenvalue weighted by molar-refractivity contribution is 9.10. The van der Waals surface area contributed by atoms with Crippen LogP contribution in [0.1, 0.15) is 16.8 Å². The number of hydrogen-bond donors (Lipinski definition) is 1. The quantitative estimate of drug-likeness (QED) is 0.925. The summed E-state index contributed by atoms with van der Waals surface area (Å²) in [5, 5.41) is 3.05. The van der Waals surface area contributed by atoms with Crippen LogP contribution in [0.2, 0.25) is 0 Å². The summed E-state index contributed by atoms with van der Waals surface area (Å²) in [4.78, 5) is 22.7. The molecule has 0 aliphatic carbocycles. The average molecular weight is 347 g/mol. The van der Waals surface area contributed by atoms with Crippen LogP contribution in [0.3, 0.4) is 0 Å². The summed E-state index contributed by atoms with van der Waals surface area (Å²) < 4.78 is 0.802. The number of aromatic nitrogens is 2. The van der Waals surface area contributed by atoms with Gasteiger partial charge < -0.3 is 10.2 Å². The van der Waals surface area contributed by atoms with Crippen LogP contribution < -0.4 is 10.2 Å². The summed E-state index contributed by atoms with van der Waals surface area (Å²) in [7, 11) is 0. The molecule has 1 aliphatic rings. The van der Waals surface area contributed by atoms with Crippen molar-refractivity contribution in [2.45, 2.75) is 12.5 Å². The molecule has 21 heavy (non-hydrogen) atoms. The molecule has 0 aromatic carbocycles. The van der Waals surface area contributed by atoms with Gasteiger partial charge in [0.15, 0.2) is 0 Å². The minimum atomic E-state index is -0.0864. The fourth-order valence-corrected chi connectivity index (χ4v) is 2.80. The second-order valence-corrected chi connectivity index (χ2v) is 5.90. The maximum atomic E-state index is 12.2. The van der Waals surface area contributed by atoms with Gasteiger partial charge in [0.1, 0.15) is 5.82 Å². The van der Waals surface area contributed by atoms with Gasteiger partial charge in [0.25, 0.3) is 5.91 Å². The second-order valence-electron chi connectivity index (χ2n) is 4.98. The second kappa shape index (κ2) is 6.22. The summed E-state index contributed by atoms with van der Waals surface area (Å²) in [6.45, 7) is 1.68.